The summed E-state index contributed by atoms with van der Waals surface area (Å²) in [5, 5.41) is 0. The second-order valence-electron chi connectivity index (χ2n) is 7.17. The lowest BCUT2D eigenvalue weighted by atomic mass is 10.0. The molecule has 2 aromatic rings. The first-order valence-corrected chi connectivity index (χ1v) is 9.23. The van der Waals surface area contributed by atoms with Crippen LogP contribution in [0.5, 0.6) is 5.75 Å². The maximum Gasteiger partial charge on any atom is 0.262 e. The van der Waals surface area contributed by atoms with Gasteiger partial charge in [0.25, 0.3) is 5.91 Å². The molecule has 0 aliphatic carbocycles. The van der Waals surface area contributed by atoms with E-state index in [0.29, 0.717) is 17.6 Å². The first-order valence-electron chi connectivity index (χ1n) is 9.23. The lowest BCUT2D eigenvalue weighted by Crippen LogP contribution is -2.40. The van der Waals surface area contributed by atoms with E-state index in [1.165, 1.54) is 24.3 Å². The monoisotopic (exact) mass is 366 g/mol. The van der Waals surface area contributed by atoms with Gasteiger partial charge in [-0.05, 0) is 74.5 Å². The van der Waals surface area contributed by atoms with Crippen molar-refractivity contribution in [3.05, 3.63) is 71.7 Å². The van der Waals surface area contributed by atoms with Crippen molar-refractivity contribution < 1.29 is 13.9 Å². The van der Waals surface area contributed by atoms with Gasteiger partial charge in [-0.15, -0.1) is 0 Å². The van der Waals surface area contributed by atoms with E-state index in [1.54, 1.807) is 12.0 Å². The molecule has 0 saturated carbocycles. The lowest BCUT2D eigenvalue weighted by molar-refractivity contribution is 0.0991. The highest BCUT2D eigenvalue weighted by Crippen LogP contribution is 2.37. The summed E-state index contributed by atoms with van der Waals surface area (Å²) in [7, 11) is 3.77. The SMILES string of the molecule is COc1ccc(N(C(=O)c2ccc(F)cc2)C2=C[C@H]3CC[C@@H](C2)N3C)cc1. The van der Waals surface area contributed by atoms with Gasteiger partial charge in [0.15, 0.2) is 0 Å². The Labute approximate surface area is 158 Å². The van der Waals surface area contributed by atoms with E-state index < -0.39 is 0 Å². The summed E-state index contributed by atoms with van der Waals surface area (Å²) in [6.45, 7) is 0. The zero-order valence-corrected chi connectivity index (χ0v) is 15.6. The molecule has 2 aromatic carbocycles. The second-order valence-corrected chi connectivity index (χ2v) is 7.17. The van der Waals surface area contributed by atoms with Crippen molar-refractivity contribution in [3.63, 3.8) is 0 Å². The van der Waals surface area contributed by atoms with Gasteiger partial charge in [-0.25, -0.2) is 4.39 Å². The van der Waals surface area contributed by atoms with Crippen LogP contribution in [0, 0.1) is 5.82 Å². The molecule has 2 aliphatic rings. The number of hydrogen-bond donors (Lipinski definition) is 0. The Kier molecular flexibility index (Phi) is 4.70. The molecule has 0 N–H and O–H groups in total. The van der Waals surface area contributed by atoms with Gasteiger partial charge < -0.3 is 4.74 Å². The molecule has 1 saturated heterocycles. The standard InChI is InChI=1S/C22H23FN2O2/c1-24-18-7-8-19(24)14-20(13-18)25(17-9-11-21(27-2)12-10-17)22(26)15-3-5-16(23)6-4-15/h3-6,9-13,18-19H,7-8,14H2,1-2H3/t18-,19+/m1/s1. The van der Waals surface area contributed by atoms with Crippen LogP contribution in [-0.2, 0) is 0 Å². The van der Waals surface area contributed by atoms with Crippen LogP contribution in [0.2, 0.25) is 0 Å². The summed E-state index contributed by atoms with van der Waals surface area (Å²) >= 11 is 0. The number of hydrogen-bond acceptors (Lipinski definition) is 3. The summed E-state index contributed by atoms with van der Waals surface area (Å²) in [6, 6.07) is 14.0. The minimum Gasteiger partial charge on any atom is -0.497 e. The number of rotatable bonds is 4. The van der Waals surface area contributed by atoms with Crippen molar-refractivity contribution in [1.29, 1.82) is 0 Å². The molecule has 1 fully saturated rings. The number of carbonyl (C=O) groups excluding carboxylic acids is 1. The van der Waals surface area contributed by atoms with Gasteiger partial charge >= 0.3 is 0 Å². The predicted octanol–water partition coefficient (Wildman–Crippen LogP) is 4.23. The molecule has 1 amide bonds. The van der Waals surface area contributed by atoms with Crippen molar-refractivity contribution in [3.8, 4) is 5.75 Å². The van der Waals surface area contributed by atoms with E-state index in [9.17, 15) is 9.18 Å². The van der Waals surface area contributed by atoms with Gasteiger partial charge in [-0.3, -0.25) is 14.6 Å². The molecular formula is C22H23FN2O2. The molecule has 0 radical (unpaired) electrons. The topological polar surface area (TPSA) is 32.8 Å². The Bertz CT molecular complexity index is 861. The molecule has 0 unspecified atom stereocenters. The Morgan fingerprint density at radius 3 is 2.44 bits per heavy atom. The molecule has 0 spiro atoms. The Morgan fingerprint density at radius 2 is 1.81 bits per heavy atom. The average molecular weight is 366 g/mol. The highest BCUT2D eigenvalue weighted by Gasteiger charge is 2.37. The Hall–Kier alpha value is -2.66. The first kappa shape index (κ1) is 17.7. The van der Waals surface area contributed by atoms with Crippen LogP contribution in [0.15, 0.2) is 60.3 Å². The smallest absolute Gasteiger partial charge is 0.262 e. The van der Waals surface area contributed by atoms with E-state index in [4.69, 9.17) is 4.74 Å². The normalized spacial score (nSPS) is 21.7. The van der Waals surface area contributed by atoms with Crippen LogP contribution in [-0.4, -0.2) is 37.0 Å². The largest absolute Gasteiger partial charge is 0.497 e. The summed E-state index contributed by atoms with van der Waals surface area (Å²) < 4.78 is 18.6. The molecular weight excluding hydrogens is 343 g/mol. The summed E-state index contributed by atoms with van der Waals surface area (Å²) in [6.07, 6.45) is 5.29. The fourth-order valence-corrected chi connectivity index (χ4v) is 4.05. The van der Waals surface area contributed by atoms with Crippen molar-refractivity contribution >= 4 is 11.6 Å². The van der Waals surface area contributed by atoms with Crippen molar-refractivity contribution in [2.75, 3.05) is 19.1 Å². The third-order valence-corrected chi connectivity index (χ3v) is 5.64. The average Bonchev–Trinajstić information content (AvgIpc) is 2.90. The van der Waals surface area contributed by atoms with Crippen molar-refractivity contribution in [1.82, 2.24) is 4.90 Å². The van der Waals surface area contributed by atoms with Gasteiger partial charge in [-0.1, -0.05) is 0 Å². The maximum absolute atomic E-state index is 13.3. The molecule has 4 nitrogen and oxygen atoms in total. The van der Waals surface area contributed by atoms with Crippen LogP contribution in [0.4, 0.5) is 10.1 Å². The molecule has 2 heterocycles. The van der Waals surface area contributed by atoms with Crippen LogP contribution in [0.3, 0.4) is 0 Å². The highest BCUT2D eigenvalue weighted by atomic mass is 19.1. The van der Waals surface area contributed by atoms with E-state index in [2.05, 4.69) is 18.0 Å². The van der Waals surface area contributed by atoms with Crippen molar-refractivity contribution in [2.24, 2.45) is 0 Å². The van der Waals surface area contributed by atoms with Crippen LogP contribution in [0.25, 0.3) is 0 Å². The van der Waals surface area contributed by atoms with Crippen LogP contribution < -0.4 is 9.64 Å². The summed E-state index contributed by atoms with van der Waals surface area (Å²) in [4.78, 5) is 17.5. The van der Waals surface area contributed by atoms with Gasteiger partial charge in [0, 0.05) is 35.5 Å². The third-order valence-electron chi connectivity index (χ3n) is 5.64. The third kappa shape index (κ3) is 3.35. The second kappa shape index (κ2) is 7.16. The number of likely N-dealkylation sites (N-methyl/N-ethyl adjacent to an activating group) is 1. The number of amides is 1. The quantitative estimate of drug-likeness (QED) is 0.812. The first-order chi connectivity index (χ1) is 13.1. The van der Waals surface area contributed by atoms with Gasteiger partial charge in [0.1, 0.15) is 11.6 Å². The number of methoxy groups -OCH3 is 1. The zero-order chi connectivity index (χ0) is 19.0. The molecule has 27 heavy (non-hydrogen) atoms. The van der Waals surface area contributed by atoms with Gasteiger partial charge in [0.2, 0.25) is 0 Å². The Balaban J connectivity index is 1.74. The molecule has 5 heteroatoms. The van der Waals surface area contributed by atoms with Gasteiger partial charge in [-0.2, -0.15) is 0 Å². The summed E-state index contributed by atoms with van der Waals surface area (Å²) in [5.74, 6) is 0.250. The van der Waals surface area contributed by atoms with Crippen LogP contribution in [0.1, 0.15) is 29.6 Å². The number of carbonyl (C=O) groups is 1. The fourth-order valence-electron chi connectivity index (χ4n) is 4.05. The molecule has 0 aromatic heterocycles. The molecule has 2 atom stereocenters. The highest BCUT2D eigenvalue weighted by molar-refractivity contribution is 6.08. The molecule has 2 aliphatic heterocycles. The fraction of sp³-hybridized carbons (Fsp3) is 0.318. The van der Waals surface area contributed by atoms with E-state index in [0.717, 1.165) is 36.4 Å². The summed E-state index contributed by atoms with van der Waals surface area (Å²) in [5.41, 5.74) is 2.28. The van der Waals surface area contributed by atoms with E-state index in [1.807, 2.05) is 24.3 Å². The number of halogens is 1. The Morgan fingerprint density at radius 1 is 1.11 bits per heavy atom. The number of ether oxygens (including phenoxy) is 1. The van der Waals surface area contributed by atoms with Gasteiger partial charge in [0.05, 0.1) is 7.11 Å². The van der Waals surface area contributed by atoms with Crippen LogP contribution >= 0.6 is 0 Å². The van der Waals surface area contributed by atoms with E-state index >= 15 is 0 Å². The molecule has 140 valence electrons. The number of nitrogens with zero attached hydrogens (tertiary/aromatic N) is 2. The maximum atomic E-state index is 13.3. The zero-order valence-electron chi connectivity index (χ0n) is 15.6. The predicted molar refractivity (Wildman–Crippen MR) is 103 cm³/mol. The minimum atomic E-state index is -0.348. The minimum absolute atomic E-state index is 0.143. The lowest BCUT2D eigenvalue weighted by Gasteiger charge is -2.35. The van der Waals surface area contributed by atoms with Crippen molar-refractivity contribution in [2.45, 2.75) is 31.3 Å². The number of fused-ring (bicyclic) bond motifs is 2. The molecule has 2 bridgehead atoms. The number of benzene rings is 2. The molecule has 4 rings (SSSR count). The van der Waals surface area contributed by atoms with E-state index in [-0.39, 0.29) is 11.7 Å². The number of anilines is 1.